The van der Waals surface area contributed by atoms with E-state index < -0.39 is 0 Å². The Kier molecular flexibility index (Phi) is 7.05. The maximum atomic E-state index is 12.8. The third-order valence-electron chi connectivity index (χ3n) is 6.21. The molecule has 1 aliphatic heterocycles. The molecule has 1 aliphatic rings. The van der Waals surface area contributed by atoms with Crippen LogP contribution in [0.25, 0.3) is 5.69 Å². The molecule has 0 atom stereocenters. The average Bonchev–Trinajstić information content (AvgIpc) is 3.40. The van der Waals surface area contributed by atoms with E-state index in [1.54, 1.807) is 0 Å². The van der Waals surface area contributed by atoms with Crippen LogP contribution in [0.5, 0.6) is 0 Å². The van der Waals surface area contributed by atoms with Gasteiger partial charge >= 0.3 is 0 Å². The first-order valence-corrected chi connectivity index (χ1v) is 11.9. The summed E-state index contributed by atoms with van der Waals surface area (Å²) in [6, 6.07) is 13.7. The molecule has 8 nitrogen and oxygen atoms in total. The molecule has 0 aliphatic carbocycles. The van der Waals surface area contributed by atoms with Gasteiger partial charge in [0.05, 0.1) is 17.9 Å². The lowest BCUT2D eigenvalue weighted by molar-refractivity contribution is -0.125. The molecule has 0 unspecified atom stereocenters. The Balaban J connectivity index is 1.51. The van der Waals surface area contributed by atoms with E-state index in [1.807, 2.05) is 74.8 Å². The molecule has 3 aromatic rings. The van der Waals surface area contributed by atoms with Crippen LogP contribution in [-0.4, -0.2) is 34.7 Å². The van der Waals surface area contributed by atoms with Gasteiger partial charge in [0.1, 0.15) is 17.2 Å². The molecular weight excluding hydrogens is 430 g/mol. The Bertz CT molecular complexity index is 1140. The van der Waals surface area contributed by atoms with Crippen molar-refractivity contribution in [1.82, 2.24) is 15.1 Å². The summed E-state index contributed by atoms with van der Waals surface area (Å²) in [5.74, 6) is 2.27. The van der Waals surface area contributed by atoms with Gasteiger partial charge in [-0.1, -0.05) is 32.0 Å². The molecule has 180 valence electrons. The van der Waals surface area contributed by atoms with Crippen molar-refractivity contribution in [1.29, 1.82) is 0 Å². The van der Waals surface area contributed by atoms with E-state index in [4.69, 9.17) is 9.52 Å². The number of furan rings is 1. The molecular formula is C26H33N5O3. The van der Waals surface area contributed by atoms with E-state index in [-0.39, 0.29) is 23.7 Å². The number of carbonyl (C=O) groups excluding carboxylic acids is 2. The Morgan fingerprint density at radius 3 is 2.41 bits per heavy atom. The van der Waals surface area contributed by atoms with Crippen LogP contribution in [0.2, 0.25) is 0 Å². The van der Waals surface area contributed by atoms with Crippen molar-refractivity contribution in [2.75, 3.05) is 23.3 Å². The Morgan fingerprint density at radius 2 is 1.79 bits per heavy atom. The third kappa shape index (κ3) is 5.16. The predicted molar refractivity (Wildman–Crippen MR) is 132 cm³/mol. The zero-order valence-corrected chi connectivity index (χ0v) is 20.3. The van der Waals surface area contributed by atoms with E-state index in [0.29, 0.717) is 19.6 Å². The number of para-hydroxylation sites is 1. The van der Waals surface area contributed by atoms with Crippen LogP contribution in [0, 0.1) is 25.7 Å². The summed E-state index contributed by atoms with van der Waals surface area (Å²) in [6.45, 7) is 9.34. The van der Waals surface area contributed by atoms with Crippen molar-refractivity contribution in [3.8, 4) is 5.69 Å². The summed E-state index contributed by atoms with van der Waals surface area (Å²) in [7, 11) is 0. The van der Waals surface area contributed by atoms with Crippen LogP contribution in [0.3, 0.4) is 0 Å². The molecule has 0 bridgehead atoms. The highest BCUT2D eigenvalue weighted by Gasteiger charge is 2.30. The fourth-order valence-electron chi connectivity index (χ4n) is 4.22. The lowest BCUT2D eigenvalue weighted by atomic mass is 9.95. The number of benzene rings is 1. The van der Waals surface area contributed by atoms with Crippen molar-refractivity contribution < 1.29 is 14.0 Å². The zero-order valence-electron chi connectivity index (χ0n) is 20.3. The second kappa shape index (κ2) is 10.2. The van der Waals surface area contributed by atoms with Gasteiger partial charge in [-0.05, 0) is 51.0 Å². The average molecular weight is 464 g/mol. The van der Waals surface area contributed by atoms with Crippen LogP contribution >= 0.6 is 0 Å². The number of rotatable bonds is 7. The van der Waals surface area contributed by atoms with Gasteiger partial charge in [0, 0.05) is 24.9 Å². The largest absolute Gasteiger partial charge is 0.465 e. The quantitative estimate of drug-likeness (QED) is 0.548. The number of aryl methyl sites for hydroxylation is 2. The van der Waals surface area contributed by atoms with Crippen LogP contribution < -0.4 is 15.5 Å². The molecule has 8 heteroatoms. The SMILES string of the molecule is Cc1ccc(CNC(=O)C2CCN(c3c(NC(=O)C(C)C)c(C)nn3-c3ccccc3)CC2)o1. The number of hydrogen-bond acceptors (Lipinski definition) is 5. The molecule has 1 fully saturated rings. The second-order valence-corrected chi connectivity index (χ2v) is 9.17. The molecule has 0 spiro atoms. The van der Waals surface area contributed by atoms with Crippen molar-refractivity contribution in [3.05, 3.63) is 59.7 Å². The van der Waals surface area contributed by atoms with Gasteiger partial charge in [-0.3, -0.25) is 9.59 Å². The highest BCUT2D eigenvalue weighted by atomic mass is 16.3. The molecule has 0 saturated carbocycles. The summed E-state index contributed by atoms with van der Waals surface area (Å²) in [6.07, 6.45) is 1.44. The fourth-order valence-corrected chi connectivity index (χ4v) is 4.22. The van der Waals surface area contributed by atoms with E-state index in [2.05, 4.69) is 15.5 Å². The van der Waals surface area contributed by atoms with Crippen molar-refractivity contribution in [2.24, 2.45) is 11.8 Å². The molecule has 34 heavy (non-hydrogen) atoms. The number of piperidine rings is 1. The second-order valence-electron chi connectivity index (χ2n) is 9.17. The third-order valence-corrected chi connectivity index (χ3v) is 6.21. The molecule has 4 rings (SSSR count). The molecule has 0 radical (unpaired) electrons. The van der Waals surface area contributed by atoms with Gasteiger partial charge in [-0.2, -0.15) is 5.10 Å². The molecule has 1 saturated heterocycles. The summed E-state index contributed by atoms with van der Waals surface area (Å²) in [5.41, 5.74) is 2.43. The number of anilines is 2. The smallest absolute Gasteiger partial charge is 0.227 e. The molecule has 1 aromatic carbocycles. The number of nitrogens with zero attached hydrogens (tertiary/aromatic N) is 3. The van der Waals surface area contributed by atoms with Crippen molar-refractivity contribution in [3.63, 3.8) is 0 Å². The Morgan fingerprint density at radius 1 is 1.09 bits per heavy atom. The van der Waals surface area contributed by atoms with Gasteiger partial charge in [0.15, 0.2) is 5.82 Å². The topological polar surface area (TPSA) is 92.4 Å². The standard InChI is InChI=1S/C26H33N5O3/c1-17(2)24(32)28-23-19(4)29-31(21-8-6-5-7-9-21)26(23)30-14-12-20(13-15-30)25(33)27-16-22-11-10-18(3)34-22/h5-11,17,20H,12-16H2,1-4H3,(H,27,33)(H,28,32). The molecule has 3 heterocycles. The van der Waals surface area contributed by atoms with Crippen LogP contribution in [0.4, 0.5) is 11.5 Å². The zero-order chi connectivity index (χ0) is 24.2. The molecule has 2 aromatic heterocycles. The minimum Gasteiger partial charge on any atom is -0.465 e. The van der Waals surface area contributed by atoms with Crippen LogP contribution in [-0.2, 0) is 16.1 Å². The van der Waals surface area contributed by atoms with E-state index >= 15 is 0 Å². The Hall–Kier alpha value is -3.55. The lowest BCUT2D eigenvalue weighted by Gasteiger charge is -2.33. The van der Waals surface area contributed by atoms with Crippen LogP contribution in [0.15, 0.2) is 46.9 Å². The maximum absolute atomic E-state index is 12.8. The number of carbonyl (C=O) groups is 2. The van der Waals surface area contributed by atoms with E-state index in [9.17, 15) is 9.59 Å². The number of hydrogen-bond donors (Lipinski definition) is 2. The minimum absolute atomic E-state index is 0.0422. The van der Waals surface area contributed by atoms with Crippen LogP contribution in [0.1, 0.15) is 43.9 Å². The predicted octanol–water partition coefficient (Wildman–Crippen LogP) is 4.21. The van der Waals surface area contributed by atoms with Gasteiger partial charge < -0.3 is 20.0 Å². The van der Waals surface area contributed by atoms with Gasteiger partial charge in [0.2, 0.25) is 11.8 Å². The molecule has 2 N–H and O–H groups in total. The number of nitrogens with one attached hydrogen (secondary N) is 2. The fraction of sp³-hybridized carbons (Fsp3) is 0.423. The Labute approximate surface area is 200 Å². The first-order chi connectivity index (χ1) is 16.3. The summed E-state index contributed by atoms with van der Waals surface area (Å²) < 4.78 is 7.44. The van der Waals surface area contributed by atoms with E-state index in [1.165, 1.54) is 0 Å². The number of aromatic nitrogens is 2. The number of amides is 2. The summed E-state index contributed by atoms with van der Waals surface area (Å²) in [5, 5.41) is 10.8. The maximum Gasteiger partial charge on any atom is 0.227 e. The summed E-state index contributed by atoms with van der Waals surface area (Å²) >= 11 is 0. The normalized spacial score (nSPS) is 14.4. The van der Waals surface area contributed by atoms with Gasteiger partial charge in [0.25, 0.3) is 0 Å². The molecule has 2 amide bonds. The van der Waals surface area contributed by atoms with Gasteiger partial charge in [-0.15, -0.1) is 0 Å². The van der Waals surface area contributed by atoms with Crippen molar-refractivity contribution >= 4 is 23.3 Å². The van der Waals surface area contributed by atoms with Crippen molar-refractivity contribution in [2.45, 2.75) is 47.1 Å². The van der Waals surface area contributed by atoms with Gasteiger partial charge in [-0.25, -0.2) is 4.68 Å². The summed E-state index contributed by atoms with van der Waals surface area (Å²) in [4.78, 5) is 27.5. The van der Waals surface area contributed by atoms with E-state index in [0.717, 1.165) is 47.2 Å². The first-order valence-electron chi connectivity index (χ1n) is 11.9. The monoisotopic (exact) mass is 463 g/mol. The first kappa shape index (κ1) is 23.6. The minimum atomic E-state index is -0.139. The lowest BCUT2D eigenvalue weighted by Crippen LogP contribution is -2.41. The highest BCUT2D eigenvalue weighted by Crippen LogP contribution is 2.35. The highest BCUT2D eigenvalue weighted by molar-refractivity contribution is 5.96.